The van der Waals surface area contributed by atoms with Gasteiger partial charge in [0.15, 0.2) is 11.2 Å². The number of aryl methyl sites for hydroxylation is 1. The summed E-state index contributed by atoms with van der Waals surface area (Å²) in [4.78, 5) is 29.6. The molecule has 0 unspecified atom stereocenters. The molecule has 0 atom stereocenters. The quantitative estimate of drug-likeness (QED) is 0.388. The minimum absolute atomic E-state index is 0.133. The minimum atomic E-state index is -0.452. The highest BCUT2D eigenvalue weighted by molar-refractivity contribution is 5.81. The summed E-state index contributed by atoms with van der Waals surface area (Å²) in [5.74, 6) is 0.456. The van der Waals surface area contributed by atoms with Gasteiger partial charge in [-0.3, -0.25) is 18.5 Å². The van der Waals surface area contributed by atoms with Gasteiger partial charge < -0.3 is 5.11 Å². The molecule has 2 aromatic carbocycles. The van der Waals surface area contributed by atoms with Crippen molar-refractivity contribution in [3.63, 3.8) is 0 Å². The van der Waals surface area contributed by atoms with Crippen LogP contribution in [0.4, 0.5) is 5.95 Å². The predicted molar refractivity (Wildman–Crippen MR) is 115 cm³/mol. The molecule has 0 aliphatic heterocycles. The van der Waals surface area contributed by atoms with E-state index in [4.69, 9.17) is 0 Å². The lowest BCUT2D eigenvalue weighted by atomic mass is 10.2. The number of fused-ring (bicyclic) bond motifs is 1. The van der Waals surface area contributed by atoms with E-state index in [2.05, 4.69) is 15.5 Å². The lowest BCUT2D eigenvalue weighted by Crippen LogP contribution is -2.37. The molecule has 0 saturated carbocycles. The summed E-state index contributed by atoms with van der Waals surface area (Å²) >= 11 is 0. The molecule has 152 valence electrons. The van der Waals surface area contributed by atoms with Crippen molar-refractivity contribution in [1.29, 1.82) is 0 Å². The Bertz CT molecular complexity index is 1370. The molecule has 2 heterocycles. The average Bonchev–Trinajstić information content (AvgIpc) is 3.10. The number of hydrogen-bond donors (Lipinski definition) is 2. The maximum Gasteiger partial charge on any atom is 0.332 e. The fourth-order valence-electron chi connectivity index (χ4n) is 3.22. The van der Waals surface area contributed by atoms with Gasteiger partial charge in [-0.1, -0.05) is 42.5 Å². The van der Waals surface area contributed by atoms with Crippen LogP contribution in [0, 0.1) is 0 Å². The first-order valence-electron chi connectivity index (χ1n) is 9.24. The van der Waals surface area contributed by atoms with Crippen LogP contribution in [-0.4, -0.2) is 30.0 Å². The molecule has 0 fully saturated rings. The number of nitrogens with zero attached hydrogens (tertiary/aromatic N) is 5. The van der Waals surface area contributed by atoms with Crippen molar-refractivity contribution in [3.05, 3.63) is 86.6 Å². The van der Waals surface area contributed by atoms with Crippen LogP contribution in [-0.2, 0) is 20.6 Å². The zero-order chi connectivity index (χ0) is 21.3. The third-order valence-corrected chi connectivity index (χ3v) is 4.78. The van der Waals surface area contributed by atoms with Crippen LogP contribution in [0.1, 0.15) is 11.1 Å². The zero-order valence-corrected chi connectivity index (χ0v) is 16.5. The van der Waals surface area contributed by atoms with Crippen LogP contribution >= 0.6 is 0 Å². The monoisotopic (exact) mass is 404 g/mol. The normalized spacial score (nSPS) is 11.4. The summed E-state index contributed by atoms with van der Waals surface area (Å²) in [5.41, 5.74) is 4.21. The van der Waals surface area contributed by atoms with E-state index in [-0.39, 0.29) is 11.4 Å². The Hall–Kier alpha value is -4.14. The van der Waals surface area contributed by atoms with E-state index in [1.54, 1.807) is 35.9 Å². The molecule has 0 saturated heterocycles. The number of aromatic nitrogens is 4. The van der Waals surface area contributed by atoms with Gasteiger partial charge in [0.2, 0.25) is 5.95 Å². The Balaban J connectivity index is 1.82. The number of imidazole rings is 1. The Morgan fingerprint density at radius 3 is 2.57 bits per heavy atom. The Morgan fingerprint density at radius 1 is 1.07 bits per heavy atom. The average molecular weight is 404 g/mol. The largest absolute Gasteiger partial charge is 0.508 e. The van der Waals surface area contributed by atoms with Gasteiger partial charge in [-0.15, -0.1) is 0 Å². The standard InChI is InChI=1S/C21H20N6O3/c1-25-18-17(19(29)26(2)21(25)30)27(13-14-7-4-3-5-8-14)20(23-18)24-22-12-15-9-6-10-16(28)11-15/h3-12,28H,13H2,1-2H3,(H,23,24)/b22-12-. The van der Waals surface area contributed by atoms with Crippen molar-refractivity contribution in [1.82, 2.24) is 18.7 Å². The number of hydrazone groups is 1. The molecule has 0 aliphatic carbocycles. The van der Waals surface area contributed by atoms with Gasteiger partial charge in [0.05, 0.1) is 12.8 Å². The minimum Gasteiger partial charge on any atom is -0.508 e. The molecule has 2 N–H and O–H groups in total. The van der Waals surface area contributed by atoms with E-state index in [0.29, 0.717) is 23.6 Å². The summed E-state index contributed by atoms with van der Waals surface area (Å²) in [6, 6.07) is 16.3. The van der Waals surface area contributed by atoms with Crippen molar-refractivity contribution in [2.45, 2.75) is 6.54 Å². The van der Waals surface area contributed by atoms with Crippen LogP contribution in [0.15, 0.2) is 69.3 Å². The first-order valence-corrected chi connectivity index (χ1v) is 9.24. The smallest absolute Gasteiger partial charge is 0.332 e. The molecule has 0 bridgehead atoms. The fourth-order valence-corrected chi connectivity index (χ4v) is 3.22. The van der Waals surface area contributed by atoms with Gasteiger partial charge >= 0.3 is 5.69 Å². The lowest BCUT2D eigenvalue weighted by molar-refractivity contribution is 0.475. The maximum atomic E-state index is 12.9. The van der Waals surface area contributed by atoms with E-state index in [1.807, 2.05) is 30.3 Å². The Kier molecular flexibility index (Phi) is 4.93. The van der Waals surface area contributed by atoms with Crippen LogP contribution < -0.4 is 16.7 Å². The predicted octanol–water partition coefficient (Wildman–Crippen LogP) is 1.63. The van der Waals surface area contributed by atoms with Crippen LogP contribution in [0.25, 0.3) is 11.2 Å². The van der Waals surface area contributed by atoms with Gasteiger partial charge in [-0.05, 0) is 23.3 Å². The summed E-state index contributed by atoms with van der Waals surface area (Å²) < 4.78 is 4.10. The molecule has 30 heavy (non-hydrogen) atoms. The summed E-state index contributed by atoms with van der Waals surface area (Å²) in [6.45, 7) is 0.370. The summed E-state index contributed by atoms with van der Waals surface area (Å²) in [5, 5.41) is 13.8. The van der Waals surface area contributed by atoms with Crippen molar-refractivity contribution in [3.8, 4) is 5.75 Å². The molecule has 9 heteroatoms. The van der Waals surface area contributed by atoms with Gasteiger partial charge in [-0.2, -0.15) is 10.1 Å². The first kappa shape index (κ1) is 19.2. The number of phenols is 1. The molecule has 0 radical (unpaired) electrons. The van der Waals surface area contributed by atoms with Crippen molar-refractivity contribution in [2.24, 2.45) is 19.2 Å². The fraction of sp³-hybridized carbons (Fsp3) is 0.143. The number of benzene rings is 2. The third kappa shape index (κ3) is 3.48. The molecule has 9 nitrogen and oxygen atoms in total. The molecule has 0 amide bonds. The SMILES string of the molecule is Cn1c(=O)c2c(nc(N/N=C\c3cccc(O)c3)n2Cc2ccccc2)n(C)c1=O. The van der Waals surface area contributed by atoms with Gasteiger partial charge in [0.25, 0.3) is 5.56 Å². The van der Waals surface area contributed by atoms with E-state index in [0.717, 1.165) is 10.1 Å². The van der Waals surface area contributed by atoms with E-state index in [1.165, 1.54) is 17.8 Å². The topological polar surface area (TPSA) is 106 Å². The second kappa shape index (κ2) is 7.70. The van der Waals surface area contributed by atoms with Crippen molar-refractivity contribution in [2.75, 3.05) is 5.43 Å². The maximum absolute atomic E-state index is 12.9. The molecule has 0 aliphatic rings. The number of phenolic OH excluding ortho intramolecular Hbond substituents is 1. The van der Waals surface area contributed by atoms with Crippen LogP contribution in [0.5, 0.6) is 5.75 Å². The highest BCUT2D eigenvalue weighted by atomic mass is 16.3. The lowest BCUT2D eigenvalue weighted by Gasteiger charge is -2.09. The highest BCUT2D eigenvalue weighted by Gasteiger charge is 2.19. The Labute approximate surface area is 171 Å². The number of aromatic hydroxyl groups is 1. The highest BCUT2D eigenvalue weighted by Crippen LogP contribution is 2.18. The number of rotatable bonds is 5. The third-order valence-electron chi connectivity index (χ3n) is 4.78. The van der Waals surface area contributed by atoms with Crippen LogP contribution in [0.2, 0.25) is 0 Å². The summed E-state index contributed by atoms with van der Waals surface area (Å²) in [6.07, 6.45) is 1.53. The second-order valence-corrected chi connectivity index (χ2v) is 6.85. The van der Waals surface area contributed by atoms with Gasteiger partial charge in [0, 0.05) is 14.1 Å². The van der Waals surface area contributed by atoms with Crippen LogP contribution in [0.3, 0.4) is 0 Å². The van der Waals surface area contributed by atoms with E-state index in [9.17, 15) is 14.7 Å². The Morgan fingerprint density at radius 2 is 1.83 bits per heavy atom. The number of anilines is 1. The van der Waals surface area contributed by atoms with Crippen molar-refractivity contribution >= 4 is 23.3 Å². The van der Waals surface area contributed by atoms with Crippen molar-refractivity contribution < 1.29 is 5.11 Å². The summed E-state index contributed by atoms with van der Waals surface area (Å²) in [7, 11) is 3.01. The van der Waals surface area contributed by atoms with E-state index < -0.39 is 11.2 Å². The van der Waals surface area contributed by atoms with Gasteiger partial charge in [-0.25, -0.2) is 10.2 Å². The zero-order valence-electron chi connectivity index (χ0n) is 16.5. The molecule has 2 aromatic heterocycles. The molecular weight excluding hydrogens is 384 g/mol. The first-order chi connectivity index (χ1) is 14.5. The molecule has 4 rings (SSSR count). The molecule has 0 spiro atoms. The van der Waals surface area contributed by atoms with Gasteiger partial charge in [0.1, 0.15) is 5.75 Å². The second-order valence-electron chi connectivity index (χ2n) is 6.85. The molecule has 4 aromatic rings. The number of hydrogen-bond acceptors (Lipinski definition) is 6. The van der Waals surface area contributed by atoms with E-state index >= 15 is 0 Å². The number of nitrogens with one attached hydrogen (secondary N) is 1. The molecular formula is C21H20N6O3.